The minimum Gasteiger partial charge on any atom is -0.451 e. The van der Waals surface area contributed by atoms with Crippen molar-refractivity contribution in [1.29, 1.82) is 0 Å². The van der Waals surface area contributed by atoms with Gasteiger partial charge in [0.1, 0.15) is 12.8 Å². The summed E-state index contributed by atoms with van der Waals surface area (Å²) in [6.45, 7) is -1.28. The van der Waals surface area contributed by atoms with Gasteiger partial charge in [-0.15, -0.1) is 0 Å². The molecule has 0 fully saturated rings. The number of carbonyl (C=O) groups excluding carboxylic acids is 2. The first-order chi connectivity index (χ1) is 11.6. The van der Waals surface area contributed by atoms with Gasteiger partial charge < -0.3 is 15.8 Å². The minimum absolute atomic E-state index is 0.0425. The van der Waals surface area contributed by atoms with Crippen LogP contribution in [-0.2, 0) is 24.2 Å². The summed E-state index contributed by atoms with van der Waals surface area (Å²) in [5.74, 6) is -1.58. The molecule has 0 saturated carbocycles. The Morgan fingerprint density at radius 3 is 2.24 bits per heavy atom. The Balaban J connectivity index is 3.18. The monoisotopic (exact) mass is 415 g/mol. The molecule has 0 spiro atoms. The first kappa shape index (κ1) is 21.6. The highest BCUT2D eigenvalue weighted by Gasteiger charge is 2.30. The molecule has 1 aromatic rings. The molecule has 0 unspecified atom stereocenters. The van der Waals surface area contributed by atoms with Crippen molar-refractivity contribution in [1.82, 2.24) is 5.32 Å². The van der Waals surface area contributed by atoms with Gasteiger partial charge in [-0.25, -0.2) is 17.6 Å². The second kappa shape index (κ2) is 9.33. The molecule has 1 rings (SSSR count). The lowest BCUT2D eigenvalue weighted by Crippen LogP contribution is -2.55. The zero-order chi connectivity index (χ0) is 19.2. The molecule has 25 heavy (non-hydrogen) atoms. The van der Waals surface area contributed by atoms with Crippen molar-refractivity contribution in [2.24, 2.45) is 0 Å². The predicted octanol–water partition coefficient (Wildman–Crippen LogP) is 0.174. The van der Waals surface area contributed by atoms with Crippen LogP contribution >= 0.6 is 23.2 Å². The average molecular weight is 416 g/mol. The number of hydrogen-bond donors (Lipinski definition) is 2. The van der Waals surface area contributed by atoms with Crippen LogP contribution in [-0.4, -0.2) is 50.6 Å². The van der Waals surface area contributed by atoms with Gasteiger partial charge in [0.25, 0.3) is 5.91 Å². The average Bonchev–Trinajstić information content (AvgIpc) is 2.56. The number of benzene rings is 1. The van der Waals surface area contributed by atoms with E-state index in [1.807, 2.05) is 0 Å². The van der Waals surface area contributed by atoms with Gasteiger partial charge in [0.15, 0.2) is 21.2 Å². The number of alkyl halides is 3. The van der Waals surface area contributed by atoms with Gasteiger partial charge in [0.2, 0.25) is 0 Å². The number of sulfone groups is 1. The Kier molecular flexibility index (Phi) is 8.07. The number of ether oxygens (including phenoxy) is 1. The van der Waals surface area contributed by atoms with E-state index in [2.05, 4.69) is 11.1 Å². The zero-order valence-electron chi connectivity index (χ0n) is 13.2. The smallest absolute Gasteiger partial charge is 0.362 e. The molecule has 0 heterocycles. The summed E-state index contributed by atoms with van der Waals surface area (Å²) >= 11 is 10.9. The maximum Gasteiger partial charge on any atom is 0.362 e. The highest BCUT2D eigenvalue weighted by Crippen LogP contribution is 2.24. The van der Waals surface area contributed by atoms with Gasteiger partial charge in [0.05, 0.1) is 10.9 Å². The van der Waals surface area contributed by atoms with E-state index in [0.717, 1.165) is 6.26 Å². The van der Waals surface area contributed by atoms with E-state index in [9.17, 15) is 22.4 Å². The van der Waals surface area contributed by atoms with Crippen LogP contribution in [0, 0.1) is 0 Å². The second-order valence-corrected chi connectivity index (χ2v) is 8.18. The summed E-state index contributed by atoms with van der Waals surface area (Å²) in [5, 5.41) is 2.25. The molecule has 2 atom stereocenters. The molecular formula is C14H18Cl2FN2O5S+. The third kappa shape index (κ3) is 6.43. The van der Waals surface area contributed by atoms with Crippen LogP contribution in [0.2, 0.25) is 0 Å². The van der Waals surface area contributed by atoms with Gasteiger partial charge in [-0.2, -0.15) is 0 Å². The van der Waals surface area contributed by atoms with Crippen LogP contribution in [0.5, 0.6) is 0 Å². The SMILES string of the molecule is CS(=O)(=O)c1ccc([C@@H](OC(=O)C[NH3+])[C@@H](CF)NC(=O)C(Cl)Cl)cc1. The van der Waals surface area contributed by atoms with Crippen molar-refractivity contribution >= 4 is 44.9 Å². The lowest BCUT2D eigenvalue weighted by atomic mass is 10.0. The van der Waals surface area contributed by atoms with Gasteiger partial charge >= 0.3 is 5.97 Å². The maximum atomic E-state index is 13.4. The maximum absolute atomic E-state index is 13.4. The molecule has 0 aromatic heterocycles. The number of quaternary nitrogens is 1. The van der Waals surface area contributed by atoms with Gasteiger partial charge in [-0.05, 0) is 17.7 Å². The van der Waals surface area contributed by atoms with E-state index in [4.69, 9.17) is 27.9 Å². The predicted molar refractivity (Wildman–Crippen MR) is 89.5 cm³/mol. The molecule has 1 amide bonds. The molecule has 0 aliphatic rings. The fraction of sp³-hybridized carbons (Fsp3) is 0.429. The van der Waals surface area contributed by atoms with Crippen molar-refractivity contribution in [3.05, 3.63) is 29.8 Å². The number of nitrogens with one attached hydrogen (secondary N) is 1. The molecule has 0 radical (unpaired) electrons. The Morgan fingerprint density at radius 2 is 1.84 bits per heavy atom. The molecule has 140 valence electrons. The fourth-order valence-electron chi connectivity index (χ4n) is 1.93. The zero-order valence-corrected chi connectivity index (χ0v) is 15.6. The van der Waals surface area contributed by atoms with E-state index >= 15 is 0 Å². The number of hydrogen-bond acceptors (Lipinski definition) is 5. The Morgan fingerprint density at radius 1 is 1.28 bits per heavy atom. The van der Waals surface area contributed by atoms with Crippen LogP contribution in [0.4, 0.5) is 4.39 Å². The minimum atomic E-state index is -3.43. The molecule has 0 aliphatic heterocycles. The lowest BCUT2D eigenvalue weighted by molar-refractivity contribution is -0.360. The van der Waals surface area contributed by atoms with E-state index in [0.29, 0.717) is 0 Å². The summed E-state index contributed by atoms with van der Waals surface area (Å²) < 4.78 is 41.6. The highest BCUT2D eigenvalue weighted by molar-refractivity contribution is 7.90. The second-order valence-electron chi connectivity index (χ2n) is 5.07. The summed E-state index contributed by atoms with van der Waals surface area (Å²) in [6, 6.07) is 4.06. The Bertz CT molecular complexity index is 712. The number of halogens is 3. The van der Waals surface area contributed by atoms with Gasteiger partial charge in [0, 0.05) is 6.26 Å². The number of amides is 1. The van der Waals surface area contributed by atoms with Crippen molar-refractivity contribution in [3.63, 3.8) is 0 Å². The third-order valence-electron chi connectivity index (χ3n) is 3.16. The summed E-state index contributed by atoms with van der Waals surface area (Å²) in [4.78, 5) is 21.8. The Hall–Kier alpha value is -1.42. The fourth-order valence-corrected chi connectivity index (χ4v) is 2.69. The largest absolute Gasteiger partial charge is 0.451 e. The third-order valence-corrected chi connectivity index (χ3v) is 4.68. The van der Waals surface area contributed by atoms with Crippen molar-refractivity contribution in [2.45, 2.75) is 21.9 Å². The topological polar surface area (TPSA) is 117 Å². The first-order valence-electron chi connectivity index (χ1n) is 7.03. The van der Waals surface area contributed by atoms with E-state index in [-0.39, 0.29) is 17.0 Å². The normalized spacial score (nSPS) is 14.0. The van der Waals surface area contributed by atoms with E-state index in [1.165, 1.54) is 24.3 Å². The Labute approximate surface area is 154 Å². The van der Waals surface area contributed by atoms with Gasteiger partial charge in [-0.3, -0.25) is 4.79 Å². The molecule has 7 nitrogen and oxygen atoms in total. The van der Waals surface area contributed by atoms with Crippen LogP contribution in [0.1, 0.15) is 11.7 Å². The summed E-state index contributed by atoms with van der Waals surface area (Å²) in [5.41, 5.74) is 3.67. The number of carbonyl (C=O) groups is 2. The molecular weight excluding hydrogens is 398 g/mol. The molecule has 0 saturated heterocycles. The van der Waals surface area contributed by atoms with Crippen LogP contribution in [0.25, 0.3) is 0 Å². The number of rotatable bonds is 8. The summed E-state index contributed by atoms with van der Waals surface area (Å²) in [7, 11) is -3.43. The van der Waals surface area contributed by atoms with Crippen molar-refractivity contribution < 1.29 is 32.9 Å². The van der Waals surface area contributed by atoms with Crippen LogP contribution in [0.15, 0.2) is 29.2 Å². The van der Waals surface area contributed by atoms with Crippen LogP contribution in [0.3, 0.4) is 0 Å². The molecule has 11 heteroatoms. The van der Waals surface area contributed by atoms with Crippen molar-refractivity contribution in [2.75, 3.05) is 19.5 Å². The molecule has 1 aromatic carbocycles. The lowest BCUT2D eigenvalue weighted by Gasteiger charge is -2.26. The molecule has 0 bridgehead atoms. The van der Waals surface area contributed by atoms with Gasteiger partial charge in [-0.1, -0.05) is 35.3 Å². The quantitative estimate of drug-likeness (QED) is 0.463. The summed E-state index contributed by atoms with van der Waals surface area (Å²) in [6.07, 6.45) is -0.169. The number of esters is 1. The van der Waals surface area contributed by atoms with Crippen molar-refractivity contribution in [3.8, 4) is 0 Å². The standard InChI is InChI=1S/C14H17Cl2FN2O5S/c1-25(22,23)9-4-2-8(3-5-9)12(24-11(20)7-18)10(6-17)19-14(21)13(15)16/h2-5,10,12-13H,6-7,18H2,1H3,(H,19,21)/p+1/t10-,12-/m1/s1. The molecule has 0 aliphatic carbocycles. The molecule has 4 N–H and O–H groups in total. The van der Waals surface area contributed by atoms with E-state index in [1.54, 1.807) is 0 Å². The highest BCUT2D eigenvalue weighted by atomic mass is 35.5. The van der Waals surface area contributed by atoms with Crippen LogP contribution < -0.4 is 11.1 Å². The first-order valence-corrected chi connectivity index (χ1v) is 9.79. The van der Waals surface area contributed by atoms with E-state index < -0.39 is 45.4 Å².